The highest BCUT2D eigenvalue weighted by molar-refractivity contribution is 5.26. The van der Waals surface area contributed by atoms with Gasteiger partial charge >= 0.3 is 0 Å². The minimum absolute atomic E-state index is 0.0744. The summed E-state index contributed by atoms with van der Waals surface area (Å²) in [6.45, 7) is 8.15. The predicted octanol–water partition coefficient (Wildman–Crippen LogP) is 3.08. The van der Waals surface area contributed by atoms with E-state index in [1.54, 1.807) is 0 Å². The van der Waals surface area contributed by atoms with E-state index in [4.69, 9.17) is 4.74 Å². The van der Waals surface area contributed by atoms with Gasteiger partial charge in [0.1, 0.15) is 0 Å². The average molecular weight is 233 g/mol. The van der Waals surface area contributed by atoms with E-state index >= 15 is 0 Å². The van der Waals surface area contributed by atoms with Crippen LogP contribution in [0.1, 0.15) is 44.4 Å². The van der Waals surface area contributed by atoms with Gasteiger partial charge in [-0.1, -0.05) is 37.6 Å². The number of rotatable bonds is 3. The Bertz CT molecular complexity index is 356. The van der Waals surface area contributed by atoms with E-state index in [0.29, 0.717) is 6.04 Å². The van der Waals surface area contributed by atoms with Gasteiger partial charge in [0.25, 0.3) is 0 Å². The Morgan fingerprint density at radius 3 is 2.59 bits per heavy atom. The summed E-state index contributed by atoms with van der Waals surface area (Å²) in [6, 6.07) is 9.26. The lowest BCUT2D eigenvalue weighted by atomic mass is 9.97. The molecule has 1 aliphatic rings. The van der Waals surface area contributed by atoms with Gasteiger partial charge in [0, 0.05) is 5.54 Å². The van der Waals surface area contributed by atoms with Crippen molar-refractivity contribution in [3.05, 3.63) is 35.4 Å². The Morgan fingerprint density at radius 2 is 2.00 bits per heavy atom. The van der Waals surface area contributed by atoms with E-state index in [0.717, 1.165) is 13.2 Å². The quantitative estimate of drug-likeness (QED) is 0.866. The molecule has 1 atom stereocenters. The second-order valence-corrected chi connectivity index (χ2v) is 5.59. The monoisotopic (exact) mass is 233 g/mol. The first kappa shape index (κ1) is 12.6. The van der Waals surface area contributed by atoms with Crippen LogP contribution in [0.15, 0.2) is 24.3 Å². The van der Waals surface area contributed by atoms with Crippen molar-refractivity contribution in [2.75, 3.05) is 13.2 Å². The van der Waals surface area contributed by atoms with Crippen LogP contribution in [-0.4, -0.2) is 18.8 Å². The summed E-state index contributed by atoms with van der Waals surface area (Å²) in [5.41, 5.74) is 2.83. The van der Waals surface area contributed by atoms with E-state index in [9.17, 15) is 0 Å². The standard InChI is InChI=1S/C15H23NO/c1-4-5-12-6-8-13(9-7-12)14-10-17-11-15(2,3)16-14/h6-9,14,16H,4-5,10-11H2,1-3H3. The molecule has 1 N–H and O–H groups in total. The predicted molar refractivity (Wildman–Crippen MR) is 71.2 cm³/mol. The lowest BCUT2D eigenvalue weighted by Gasteiger charge is -2.37. The van der Waals surface area contributed by atoms with Crippen LogP contribution in [0.3, 0.4) is 0 Å². The number of hydrogen-bond donors (Lipinski definition) is 1. The van der Waals surface area contributed by atoms with Crippen molar-refractivity contribution in [2.24, 2.45) is 0 Å². The molecule has 2 heteroatoms. The molecule has 1 unspecified atom stereocenters. The van der Waals surface area contributed by atoms with Crippen LogP contribution in [0, 0.1) is 0 Å². The molecule has 0 amide bonds. The average Bonchev–Trinajstić information content (AvgIpc) is 2.29. The zero-order chi connectivity index (χ0) is 12.3. The fourth-order valence-electron chi connectivity index (χ4n) is 2.37. The fraction of sp³-hybridized carbons (Fsp3) is 0.600. The molecule has 0 saturated carbocycles. The normalized spacial score (nSPS) is 23.6. The number of benzene rings is 1. The van der Waals surface area contributed by atoms with Gasteiger partial charge in [-0.2, -0.15) is 0 Å². The van der Waals surface area contributed by atoms with Crippen molar-refractivity contribution in [2.45, 2.75) is 45.2 Å². The van der Waals surface area contributed by atoms with Crippen LogP contribution in [0.4, 0.5) is 0 Å². The van der Waals surface area contributed by atoms with Crippen LogP contribution in [0.5, 0.6) is 0 Å². The molecular formula is C15H23NO. The fourth-order valence-corrected chi connectivity index (χ4v) is 2.37. The second-order valence-electron chi connectivity index (χ2n) is 5.59. The van der Waals surface area contributed by atoms with Crippen LogP contribution >= 0.6 is 0 Å². The Labute approximate surface area is 104 Å². The highest BCUT2D eigenvalue weighted by atomic mass is 16.5. The highest BCUT2D eigenvalue weighted by Gasteiger charge is 2.28. The van der Waals surface area contributed by atoms with Gasteiger partial charge in [0.05, 0.1) is 19.3 Å². The van der Waals surface area contributed by atoms with E-state index < -0.39 is 0 Å². The molecule has 1 heterocycles. The van der Waals surface area contributed by atoms with Crippen molar-refractivity contribution >= 4 is 0 Å². The third-order valence-corrected chi connectivity index (χ3v) is 3.23. The van der Waals surface area contributed by atoms with Crippen molar-refractivity contribution < 1.29 is 4.74 Å². The molecule has 0 radical (unpaired) electrons. The number of morpholine rings is 1. The lowest BCUT2D eigenvalue weighted by molar-refractivity contribution is 0.0127. The van der Waals surface area contributed by atoms with Crippen molar-refractivity contribution in [1.82, 2.24) is 5.32 Å². The van der Waals surface area contributed by atoms with E-state index in [2.05, 4.69) is 50.4 Å². The Hall–Kier alpha value is -0.860. The zero-order valence-electron chi connectivity index (χ0n) is 11.1. The second kappa shape index (κ2) is 5.19. The lowest BCUT2D eigenvalue weighted by Crippen LogP contribution is -2.51. The summed E-state index contributed by atoms with van der Waals surface area (Å²) in [5.74, 6) is 0. The van der Waals surface area contributed by atoms with Crippen molar-refractivity contribution in [1.29, 1.82) is 0 Å². The highest BCUT2D eigenvalue weighted by Crippen LogP contribution is 2.22. The summed E-state index contributed by atoms with van der Waals surface area (Å²) in [4.78, 5) is 0. The summed E-state index contributed by atoms with van der Waals surface area (Å²) in [5, 5.41) is 3.64. The first-order valence-corrected chi connectivity index (χ1v) is 6.55. The molecule has 0 aromatic heterocycles. The molecule has 1 aromatic carbocycles. The van der Waals surface area contributed by atoms with Gasteiger partial charge in [0.2, 0.25) is 0 Å². The third-order valence-electron chi connectivity index (χ3n) is 3.23. The Balaban J connectivity index is 2.06. The number of hydrogen-bond acceptors (Lipinski definition) is 2. The zero-order valence-corrected chi connectivity index (χ0v) is 11.1. The third kappa shape index (κ3) is 3.30. The van der Waals surface area contributed by atoms with Crippen LogP contribution < -0.4 is 5.32 Å². The van der Waals surface area contributed by atoms with E-state index in [1.165, 1.54) is 24.0 Å². The molecule has 0 bridgehead atoms. The van der Waals surface area contributed by atoms with Crippen molar-refractivity contribution in [3.8, 4) is 0 Å². The van der Waals surface area contributed by atoms with Gasteiger partial charge in [-0.15, -0.1) is 0 Å². The number of nitrogens with one attached hydrogen (secondary N) is 1. The SMILES string of the molecule is CCCc1ccc(C2COCC(C)(C)N2)cc1. The maximum atomic E-state index is 5.67. The number of aryl methyl sites for hydroxylation is 1. The summed E-state index contributed by atoms with van der Waals surface area (Å²) >= 11 is 0. The molecule has 94 valence electrons. The molecule has 0 spiro atoms. The van der Waals surface area contributed by atoms with Crippen LogP contribution in [0.25, 0.3) is 0 Å². The van der Waals surface area contributed by atoms with E-state index in [-0.39, 0.29) is 5.54 Å². The van der Waals surface area contributed by atoms with Gasteiger partial charge < -0.3 is 10.1 Å². The molecule has 2 nitrogen and oxygen atoms in total. The topological polar surface area (TPSA) is 21.3 Å². The number of ether oxygens (including phenoxy) is 1. The molecule has 2 rings (SSSR count). The Kier molecular flexibility index (Phi) is 3.85. The first-order chi connectivity index (χ1) is 8.11. The van der Waals surface area contributed by atoms with Crippen molar-refractivity contribution in [3.63, 3.8) is 0 Å². The van der Waals surface area contributed by atoms with Gasteiger partial charge in [0.15, 0.2) is 0 Å². The molecular weight excluding hydrogens is 210 g/mol. The van der Waals surface area contributed by atoms with E-state index in [1.807, 2.05) is 0 Å². The van der Waals surface area contributed by atoms with Crippen LogP contribution in [-0.2, 0) is 11.2 Å². The first-order valence-electron chi connectivity index (χ1n) is 6.55. The minimum atomic E-state index is 0.0744. The minimum Gasteiger partial charge on any atom is -0.378 e. The summed E-state index contributed by atoms with van der Waals surface area (Å²) in [6.07, 6.45) is 2.37. The Morgan fingerprint density at radius 1 is 1.29 bits per heavy atom. The van der Waals surface area contributed by atoms with Gasteiger partial charge in [-0.05, 0) is 31.4 Å². The maximum absolute atomic E-state index is 5.67. The summed E-state index contributed by atoms with van der Waals surface area (Å²) in [7, 11) is 0. The van der Waals surface area contributed by atoms with Gasteiger partial charge in [-0.25, -0.2) is 0 Å². The smallest absolute Gasteiger partial charge is 0.0662 e. The molecule has 1 fully saturated rings. The largest absolute Gasteiger partial charge is 0.378 e. The molecule has 17 heavy (non-hydrogen) atoms. The summed E-state index contributed by atoms with van der Waals surface area (Å²) < 4.78 is 5.67. The van der Waals surface area contributed by atoms with Crippen LogP contribution in [0.2, 0.25) is 0 Å². The maximum Gasteiger partial charge on any atom is 0.0662 e. The molecule has 0 aliphatic carbocycles. The van der Waals surface area contributed by atoms with Gasteiger partial charge in [-0.3, -0.25) is 0 Å². The molecule has 1 saturated heterocycles. The molecule has 1 aromatic rings. The molecule has 1 aliphatic heterocycles.